The van der Waals surface area contributed by atoms with Gasteiger partial charge in [0.25, 0.3) is 5.91 Å². The zero-order chi connectivity index (χ0) is 20.7. The Hall–Kier alpha value is -3.33. The van der Waals surface area contributed by atoms with Crippen LogP contribution in [-0.2, 0) is 9.53 Å². The SMILES string of the molecule is Cc1cc(C)cc(N(CCC#N)C(=O)COC(=O)c2cccc(N(C)C)c2)c1. The molecule has 2 aromatic rings. The Morgan fingerprint density at radius 2 is 1.71 bits per heavy atom. The van der Waals surface area contributed by atoms with Crippen molar-refractivity contribution in [2.45, 2.75) is 20.3 Å². The molecule has 6 nitrogen and oxygen atoms in total. The molecule has 0 saturated carbocycles. The molecular formula is C22H25N3O3. The lowest BCUT2D eigenvalue weighted by atomic mass is 10.1. The summed E-state index contributed by atoms with van der Waals surface area (Å²) in [6.45, 7) is 3.75. The second-order valence-corrected chi connectivity index (χ2v) is 6.82. The van der Waals surface area contributed by atoms with E-state index < -0.39 is 5.97 Å². The van der Waals surface area contributed by atoms with E-state index in [0.717, 1.165) is 16.8 Å². The number of nitrogens with zero attached hydrogens (tertiary/aromatic N) is 3. The summed E-state index contributed by atoms with van der Waals surface area (Å²) in [5.74, 6) is -0.921. The van der Waals surface area contributed by atoms with E-state index in [4.69, 9.17) is 10.00 Å². The summed E-state index contributed by atoms with van der Waals surface area (Å²) in [4.78, 5) is 28.4. The maximum atomic E-state index is 12.7. The summed E-state index contributed by atoms with van der Waals surface area (Å²) in [5, 5.41) is 8.91. The van der Waals surface area contributed by atoms with Gasteiger partial charge in [0.05, 0.1) is 18.1 Å². The topological polar surface area (TPSA) is 73.6 Å². The smallest absolute Gasteiger partial charge is 0.338 e. The molecule has 0 heterocycles. The average molecular weight is 379 g/mol. The van der Waals surface area contributed by atoms with Crippen LogP contribution in [0.3, 0.4) is 0 Å². The van der Waals surface area contributed by atoms with Gasteiger partial charge in [-0.2, -0.15) is 5.26 Å². The van der Waals surface area contributed by atoms with Crippen molar-refractivity contribution in [1.29, 1.82) is 5.26 Å². The number of amides is 1. The molecule has 0 fully saturated rings. The number of nitriles is 1. The standard InChI is InChI=1S/C22H25N3O3/c1-16-11-17(2)13-20(12-16)25(10-6-9-23)21(26)15-28-22(27)18-7-5-8-19(14-18)24(3)4/h5,7-8,11-14H,6,10,15H2,1-4H3. The van der Waals surface area contributed by atoms with Gasteiger partial charge in [-0.3, -0.25) is 4.79 Å². The molecule has 0 saturated heterocycles. The first-order chi connectivity index (χ1) is 13.3. The van der Waals surface area contributed by atoms with Gasteiger partial charge in [0.2, 0.25) is 0 Å². The number of hydrogen-bond donors (Lipinski definition) is 0. The van der Waals surface area contributed by atoms with E-state index in [1.54, 1.807) is 18.2 Å². The number of anilines is 2. The number of carbonyl (C=O) groups excluding carboxylic acids is 2. The van der Waals surface area contributed by atoms with Crippen LogP contribution < -0.4 is 9.80 Å². The molecule has 0 atom stereocenters. The lowest BCUT2D eigenvalue weighted by molar-refractivity contribution is -0.121. The Kier molecular flexibility index (Phi) is 7.16. The van der Waals surface area contributed by atoms with Gasteiger partial charge < -0.3 is 14.5 Å². The lowest BCUT2D eigenvalue weighted by Gasteiger charge is -2.22. The Balaban J connectivity index is 2.12. The molecule has 2 aromatic carbocycles. The molecule has 6 heteroatoms. The van der Waals surface area contributed by atoms with Gasteiger partial charge in [-0.25, -0.2) is 4.79 Å². The Morgan fingerprint density at radius 3 is 2.32 bits per heavy atom. The molecule has 0 N–H and O–H groups in total. The predicted octanol–water partition coefficient (Wildman–Crippen LogP) is 3.47. The van der Waals surface area contributed by atoms with Crippen LogP contribution in [0.15, 0.2) is 42.5 Å². The zero-order valence-corrected chi connectivity index (χ0v) is 16.7. The van der Waals surface area contributed by atoms with E-state index in [-0.39, 0.29) is 25.5 Å². The minimum Gasteiger partial charge on any atom is -0.452 e. The van der Waals surface area contributed by atoms with Crippen molar-refractivity contribution < 1.29 is 14.3 Å². The quantitative estimate of drug-likeness (QED) is 0.689. The molecule has 0 aromatic heterocycles. The number of aryl methyl sites for hydroxylation is 2. The second-order valence-electron chi connectivity index (χ2n) is 6.82. The Bertz CT molecular complexity index is 880. The van der Waals surface area contributed by atoms with Gasteiger partial charge in [0.1, 0.15) is 0 Å². The number of esters is 1. The van der Waals surface area contributed by atoms with Gasteiger partial charge >= 0.3 is 5.97 Å². The molecule has 0 aliphatic rings. The van der Waals surface area contributed by atoms with Crippen LogP contribution >= 0.6 is 0 Å². The monoisotopic (exact) mass is 379 g/mol. The van der Waals surface area contributed by atoms with E-state index in [0.29, 0.717) is 11.3 Å². The summed E-state index contributed by atoms with van der Waals surface area (Å²) >= 11 is 0. The normalized spacial score (nSPS) is 10.1. The molecule has 1 amide bonds. The molecule has 0 radical (unpaired) electrons. The third-order valence-electron chi connectivity index (χ3n) is 4.19. The van der Waals surface area contributed by atoms with Crippen molar-refractivity contribution in [3.63, 3.8) is 0 Å². The van der Waals surface area contributed by atoms with Crippen molar-refractivity contribution in [2.24, 2.45) is 0 Å². The van der Waals surface area contributed by atoms with E-state index in [2.05, 4.69) is 6.07 Å². The summed E-state index contributed by atoms with van der Waals surface area (Å²) in [6.07, 6.45) is 0.192. The molecule has 0 bridgehead atoms. The van der Waals surface area contributed by atoms with Gasteiger partial charge in [-0.05, 0) is 55.3 Å². The van der Waals surface area contributed by atoms with Gasteiger partial charge in [-0.15, -0.1) is 0 Å². The number of ether oxygens (including phenoxy) is 1. The van der Waals surface area contributed by atoms with Crippen LogP contribution in [-0.4, -0.2) is 39.1 Å². The minimum absolute atomic E-state index is 0.192. The maximum absolute atomic E-state index is 12.7. The molecule has 0 spiro atoms. The molecule has 28 heavy (non-hydrogen) atoms. The number of hydrogen-bond acceptors (Lipinski definition) is 5. The first-order valence-electron chi connectivity index (χ1n) is 9.02. The van der Waals surface area contributed by atoms with E-state index in [1.165, 1.54) is 4.90 Å². The lowest BCUT2D eigenvalue weighted by Crippen LogP contribution is -2.35. The minimum atomic E-state index is -0.558. The fraction of sp³-hybridized carbons (Fsp3) is 0.318. The van der Waals surface area contributed by atoms with Crippen LogP contribution in [0.2, 0.25) is 0 Å². The summed E-state index contributed by atoms with van der Waals surface area (Å²) in [6, 6.07) is 14.8. The van der Waals surface area contributed by atoms with E-state index >= 15 is 0 Å². The van der Waals surface area contributed by atoms with Crippen LogP contribution in [0.1, 0.15) is 27.9 Å². The van der Waals surface area contributed by atoms with E-state index in [9.17, 15) is 9.59 Å². The fourth-order valence-corrected chi connectivity index (χ4v) is 2.87. The van der Waals surface area contributed by atoms with Crippen LogP contribution in [0, 0.1) is 25.2 Å². The molecule has 0 unspecified atom stereocenters. The number of benzene rings is 2. The maximum Gasteiger partial charge on any atom is 0.338 e. The molecule has 0 aliphatic carbocycles. The van der Waals surface area contributed by atoms with Crippen molar-refractivity contribution >= 4 is 23.3 Å². The van der Waals surface area contributed by atoms with Gasteiger partial charge in [-0.1, -0.05) is 12.1 Å². The average Bonchev–Trinajstić information content (AvgIpc) is 2.65. The van der Waals surface area contributed by atoms with Crippen LogP contribution in [0.25, 0.3) is 0 Å². The van der Waals surface area contributed by atoms with Crippen molar-refractivity contribution in [2.75, 3.05) is 37.0 Å². The Labute approximate surface area is 165 Å². The Morgan fingerprint density at radius 1 is 1.04 bits per heavy atom. The predicted molar refractivity (Wildman–Crippen MR) is 110 cm³/mol. The number of carbonyl (C=O) groups is 2. The second kappa shape index (κ2) is 9.56. The van der Waals surface area contributed by atoms with E-state index in [1.807, 2.05) is 57.1 Å². The molecule has 2 rings (SSSR count). The summed E-state index contributed by atoms with van der Waals surface area (Å²) in [5.41, 5.74) is 3.98. The summed E-state index contributed by atoms with van der Waals surface area (Å²) in [7, 11) is 3.76. The third kappa shape index (κ3) is 5.58. The summed E-state index contributed by atoms with van der Waals surface area (Å²) < 4.78 is 5.24. The van der Waals surface area contributed by atoms with Crippen molar-refractivity contribution in [3.8, 4) is 6.07 Å². The largest absolute Gasteiger partial charge is 0.452 e. The van der Waals surface area contributed by atoms with Crippen LogP contribution in [0.4, 0.5) is 11.4 Å². The van der Waals surface area contributed by atoms with Crippen molar-refractivity contribution in [3.05, 3.63) is 59.2 Å². The molecule has 0 aliphatic heterocycles. The number of rotatable bonds is 7. The first-order valence-corrected chi connectivity index (χ1v) is 9.02. The molecule has 146 valence electrons. The van der Waals surface area contributed by atoms with Crippen molar-refractivity contribution in [1.82, 2.24) is 0 Å². The van der Waals surface area contributed by atoms with Gasteiger partial charge in [0.15, 0.2) is 6.61 Å². The first kappa shape index (κ1) is 21.0. The van der Waals surface area contributed by atoms with Gasteiger partial charge in [0, 0.05) is 32.0 Å². The highest BCUT2D eigenvalue weighted by molar-refractivity contribution is 5.97. The highest BCUT2D eigenvalue weighted by atomic mass is 16.5. The molecular weight excluding hydrogens is 354 g/mol. The fourth-order valence-electron chi connectivity index (χ4n) is 2.87. The highest BCUT2D eigenvalue weighted by Gasteiger charge is 2.19. The van der Waals surface area contributed by atoms with Crippen LogP contribution in [0.5, 0.6) is 0 Å². The third-order valence-corrected chi connectivity index (χ3v) is 4.19. The zero-order valence-electron chi connectivity index (χ0n) is 16.7. The highest BCUT2D eigenvalue weighted by Crippen LogP contribution is 2.20.